The standard InChI is InChI=1S/C29H29N5/c1-18-14-20(3)28(21(4)15-18)24-11-13-33(32-24)26-8-7-9-27(31-26)34-25(10-12-30-34)29-22(5)16-19(2)17-23(29)6/h7-17H,1-6H3. The normalized spacial score (nSPS) is 11.2. The molecule has 0 amide bonds. The van der Waals surface area contributed by atoms with E-state index < -0.39 is 0 Å². The molecule has 3 aromatic heterocycles. The van der Waals surface area contributed by atoms with Gasteiger partial charge < -0.3 is 0 Å². The van der Waals surface area contributed by atoms with E-state index in [1.165, 1.54) is 44.5 Å². The van der Waals surface area contributed by atoms with Gasteiger partial charge in [0.05, 0.1) is 17.6 Å². The van der Waals surface area contributed by atoms with E-state index in [9.17, 15) is 0 Å². The molecule has 5 rings (SSSR count). The summed E-state index contributed by atoms with van der Waals surface area (Å²) >= 11 is 0. The highest BCUT2D eigenvalue weighted by molar-refractivity contribution is 5.70. The summed E-state index contributed by atoms with van der Waals surface area (Å²) in [6, 6.07) is 18.9. The van der Waals surface area contributed by atoms with Gasteiger partial charge in [0.1, 0.15) is 0 Å². The Labute approximate surface area is 200 Å². The van der Waals surface area contributed by atoms with Crippen molar-refractivity contribution in [2.45, 2.75) is 41.5 Å². The van der Waals surface area contributed by atoms with Crippen LogP contribution in [0.2, 0.25) is 0 Å². The lowest BCUT2D eigenvalue weighted by Gasteiger charge is -2.14. The number of benzene rings is 2. The molecule has 0 bridgehead atoms. The fourth-order valence-corrected chi connectivity index (χ4v) is 5.09. The fourth-order valence-electron chi connectivity index (χ4n) is 5.09. The Bertz CT molecular complexity index is 1470. The maximum atomic E-state index is 4.92. The first kappa shape index (κ1) is 21.8. The molecule has 3 heterocycles. The SMILES string of the molecule is Cc1cc(C)c(-c2ccn(-c3cccc(-n4nccc4-c4c(C)cc(C)cc4C)n3)n2)c(C)c1. The molecule has 0 unspecified atom stereocenters. The molecule has 0 aliphatic rings. The summed E-state index contributed by atoms with van der Waals surface area (Å²) in [6.07, 6.45) is 3.80. The maximum Gasteiger partial charge on any atom is 0.156 e. The third-order valence-corrected chi connectivity index (χ3v) is 6.27. The molecule has 0 saturated heterocycles. The van der Waals surface area contributed by atoms with Crippen molar-refractivity contribution >= 4 is 0 Å². The van der Waals surface area contributed by atoms with Gasteiger partial charge in [0.25, 0.3) is 0 Å². The number of hydrogen-bond donors (Lipinski definition) is 0. The van der Waals surface area contributed by atoms with Gasteiger partial charge in [-0.1, -0.05) is 41.5 Å². The third kappa shape index (κ3) is 3.83. The van der Waals surface area contributed by atoms with Gasteiger partial charge in [-0.15, -0.1) is 0 Å². The van der Waals surface area contributed by atoms with Crippen molar-refractivity contribution in [1.29, 1.82) is 0 Å². The minimum absolute atomic E-state index is 0.755. The molecule has 5 aromatic rings. The van der Waals surface area contributed by atoms with Gasteiger partial charge in [-0.3, -0.25) is 0 Å². The topological polar surface area (TPSA) is 48.5 Å². The lowest BCUT2D eigenvalue weighted by Crippen LogP contribution is -2.06. The van der Waals surface area contributed by atoms with Crippen molar-refractivity contribution in [3.05, 3.63) is 100 Å². The lowest BCUT2D eigenvalue weighted by atomic mass is 9.97. The van der Waals surface area contributed by atoms with Crippen LogP contribution in [0.1, 0.15) is 33.4 Å². The molecule has 0 atom stereocenters. The molecule has 5 nitrogen and oxygen atoms in total. The largest absolute Gasteiger partial charge is 0.222 e. The van der Waals surface area contributed by atoms with Crippen molar-refractivity contribution in [2.75, 3.05) is 0 Å². The van der Waals surface area contributed by atoms with Gasteiger partial charge in [-0.25, -0.2) is 14.3 Å². The van der Waals surface area contributed by atoms with Crippen molar-refractivity contribution < 1.29 is 0 Å². The van der Waals surface area contributed by atoms with Crippen LogP contribution in [-0.4, -0.2) is 24.5 Å². The third-order valence-electron chi connectivity index (χ3n) is 6.27. The highest BCUT2D eigenvalue weighted by Crippen LogP contribution is 2.30. The van der Waals surface area contributed by atoms with Gasteiger partial charge in [-0.2, -0.15) is 10.2 Å². The number of nitrogens with zero attached hydrogens (tertiary/aromatic N) is 5. The molecule has 170 valence electrons. The number of hydrogen-bond acceptors (Lipinski definition) is 3. The second-order valence-electron chi connectivity index (χ2n) is 9.18. The summed E-state index contributed by atoms with van der Waals surface area (Å²) in [5, 5.41) is 9.48. The van der Waals surface area contributed by atoms with Gasteiger partial charge >= 0.3 is 0 Å². The zero-order valence-corrected chi connectivity index (χ0v) is 20.6. The summed E-state index contributed by atoms with van der Waals surface area (Å²) < 4.78 is 3.75. The van der Waals surface area contributed by atoms with E-state index in [1.807, 2.05) is 46.0 Å². The first-order valence-corrected chi connectivity index (χ1v) is 11.6. The molecule has 0 aliphatic heterocycles. The monoisotopic (exact) mass is 447 g/mol. The Balaban J connectivity index is 1.55. The first-order valence-electron chi connectivity index (χ1n) is 11.6. The van der Waals surface area contributed by atoms with Crippen LogP contribution in [0.5, 0.6) is 0 Å². The molecule has 0 fully saturated rings. The molecule has 0 N–H and O–H groups in total. The van der Waals surface area contributed by atoms with Crippen LogP contribution in [0.4, 0.5) is 0 Å². The average molecular weight is 448 g/mol. The predicted molar refractivity (Wildman–Crippen MR) is 138 cm³/mol. The van der Waals surface area contributed by atoms with E-state index >= 15 is 0 Å². The van der Waals surface area contributed by atoms with Crippen LogP contribution >= 0.6 is 0 Å². The molecular weight excluding hydrogens is 418 g/mol. The summed E-state index contributed by atoms with van der Waals surface area (Å²) in [7, 11) is 0. The maximum absolute atomic E-state index is 4.92. The molecule has 5 heteroatoms. The van der Waals surface area contributed by atoms with Crippen molar-refractivity contribution in [3.63, 3.8) is 0 Å². The van der Waals surface area contributed by atoms with Crippen molar-refractivity contribution in [1.82, 2.24) is 24.5 Å². The molecule has 34 heavy (non-hydrogen) atoms. The number of rotatable bonds is 4. The van der Waals surface area contributed by atoms with Gasteiger partial charge in [0.15, 0.2) is 11.6 Å². The van der Waals surface area contributed by atoms with E-state index in [1.54, 1.807) is 0 Å². The predicted octanol–water partition coefficient (Wildman–Crippen LogP) is 6.64. The Morgan fingerprint density at radius 2 is 1.24 bits per heavy atom. The second-order valence-corrected chi connectivity index (χ2v) is 9.18. The highest BCUT2D eigenvalue weighted by Gasteiger charge is 2.15. The zero-order valence-electron chi connectivity index (χ0n) is 20.6. The van der Waals surface area contributed by atoms with E-state index in [-0.39, 0.29) is 0 Å². The summed E-state index contributed by atoms with van der Waals surface area (Å²) in [6.45, 7) is 12.8. The number of pyridine rings is 1. The zero-order chi connectivity index (χ0) is 24.0. The minimum atomic E-state index is 0.755. The molecule has 2 aromatic carbocycles. The van der Waals surface area contributed by atoms with Crippen LogP contribution < -0.4 is 0 Å². The molecule has 0 aliphatic carbocycles. The van der Waals surface area contributed by atoms with Crippen LogP contribution in [0.25, 0.3) is 34.2 Å². The highest BCUT2D eigenvalue weighted by atomic mass is 15.3. The van der Waals surface area contributed by atoms with Gasteiger partial charge in [0.2, 0.25) is 0 Å². The van der Waals surface area contributed by atoms with Crippen LogP contribution in [0.3, 0.4) is 0 Å². The average Bonchev–Trinajstić information content (AvgIpc) is 3.43. The quantitative estimate of drug-likeness (QED) is 0.310. The van der Waals surface area contributed by atoms with Crippen molar-refractivity contribution in [3.8, 4) is 34.2 Å². The minimum Gasteiger partial charge on any atom is -0.222 e. The number of aryl methyl sites for hydroxylation is 6. The van der Waals surface area contributed by atoms with Crippen molar-refractivity contribution in [2.24, 2.45) is 0 Å². The lowest BCUT2D eigenvalue weighted by molar-refractivity contribution is 0.807. The Morgan fingerprint density at radius 3 is 1.88 bits per heavy atom. The van der Waals surface area contributed by atoms with E-state index in [0.29, 0.717) is 0 Å². The van der Waals surface area contributed by atoms with E-state index in [0.717, 1.165) is 23.0 Å². The van der Waals surface area contributed by atoms with Crippen LogP contribution in [-0.2, 0) is 0 Å². The van der Waals surface area contributed by atoms with E-state index in [4.69, 9.17) is 10.1 Å². The Kier molecular flexibility index (Phi) is 5.40. The molecular formula is C29H29N5. The van der Waals surface area contributed by atoms with Crippen LogP contribution in [0.15, 0.2) is 67.0 Å². The first-order chi connectivity index (χ1) is 16.3. The van der Waals surface area contributed by atoms with Gasteiger partial charge in [0, 0.05) is 17.3 Å². The number of aromatic nitrogens is 5. The Morgan fingerprint density at radius 1 is 0.647 bits per heavy atom. The summed E-state index contributed by atoms with van der Waals surface area (Å²) in [5.41, 5.74) is 11.8. The fraction of sp³-hybridized carbons (Fsp3) is 0.207. The summed E-state index contributed by atoms with van der Waals surface area (Å²) in [5.74, 6) is 1.52. The van der Waals surface area contributed by atoms with Crippen LogP contribution in [0, 0.1) is 41.5 Å². The second kappa shape index (κ2) is 8.41. The smallest absolute Gasteiger partial charge is 0.156 e. The van der Waals surface area contributed by atoms with E-state index in [2.05, 4.69) is 77.0 Å². The molecule has 0 spiro atoms. The molecule has 0 radical (unpaired) electrons. The van der Waals surface area contributed by atoms with Gasteiger partial charge in [-0.05, 0) is 88.1 Å². The summed E-state index contributed by atoms with van der Waals surface area (Å²) in [4.78, 5) is 4.92. The molecule has 0 saturated carbocycles. The Hall–Kier alpha value is -3.99.